The van der Waals surface area contributed by atoms with Crippen LogP contribution < -0.4 is 0 Å². The molecule has 0 unspecified atom stereocenters. The molecule has 0 saturated heterocycles. The third-order valence-corrected chi connectivity index (χ3v) is 4.01. The van der Waals surface area contributed by atoms with Crippen molar-refractivity contribution < 1.29 is 19.2 Å². The maximum Gasteiger partial charge on any atom is 0.382 e. The number of rotatable bonds is 3. The number of aromatic nitrogens is 1. The highest BCUT2D eigenvalue weighted by Gasteiger charge is 2.38. The number of imide groups is 1. The number of hydrogen-bond donors (Lipinski definition) is 0. The topological polar surface area (TPSA) is 76.6 Å². The highest BCUT2D eigenvalue weighted by atomic mass is 16.7. The molecule has 0 aliphatic carbocycles. The summed E-state index contributed by atoms with van der Waals surface area (Å²) in [5.41, 5.74) is 2.21. The highest BCUT2D eigenvalue weighted by molar-refractivity contribution is 6.21. The minimum atomic E-state index is -0.876. The Morgan fingerprint density at radius 3 is 1.96 bits per heavy atom. The van der Waals surface area contributed by atoms with Crippen molar-refractivity contribution in [2.75, 3.05) is 0 Å². The molecule has 126 valence electrons. The van der Waals surface area contributed by atoms with Gasteiger partial charge in [0.15, 0.2) is 5.69 Å². The zero-order valence-corrected chi connectivity index (χ0v) is 13.5. The van der Waals surface area contributed by atoms with E-state index in [2.05, 4.69) is 4.98 Å². The molecule has 6 nitrogen and oxygen atoms in total. The molecule has 1 aliphatic heterocycles. The summed E-state index contributed by atoms with van der Waals surface area (Å²) in [5.74, 6) is -2.21. The molecule has 0 N–H and O–H groups in total. The van der Waals surface area contributed by atoms with Crippen LogP contribution in [0, 0.1) is 0 Å². The van der Waals surface area contributed by atoms with E-state index in [1.165, 1.54) is 24.4 Å². The van der Waals surface area contributed by atoms with Crippen LogP contribution in [0.25, 0.3) is 11.1 Å². The SMILES string of the molecule is O=C(ON1C(=O)c2ccccc2C1=O)c1ccc(-c2ccccc2)cn1. The molecule has 1 aliphatic rings. The number of nitrogens with zero attached hydrogens (tertiary/aromatic N) is 2. The Balaban J connectivity index is 1.53. The first-order valence-electron chi connectivity index (χ1n) is 7.87. The van der Waals surface area contributed by atoms with Crippen LogP contribution in [-0.4, -0.2) is 27.8 Å². The Morgan fingerprint density at radius 1 is 0.769 bits per heavy atom. The number of pyridine rings is 1. The molecule has 0 spiro atoms. The Labute approximate surface area is 148 Å². The van der Waals surface area contributed by atoms with Crippen LogP contribution in [0.3, 0.4) is 0 Å². The fourth-order valence-electron chi connectivity index (χ4n) is 2.70. The Hall–Kier alpha value is -3.80. The van der Waals surface area contributed by atoms with E-state index >= 15 is 0 Å². The Morgan fingerprint density at radius 2 is 1.38 bits per heavy atom. The lowest BCUT2D eigenvalue weighted by Gasteiger charge is -2.12. The molecule has 0 atom stereocenters. The second-order valence-electron chi connectivity index (χ2n) is 5.63. The minimum absolute atomic E-state index is 0.00115. The molecule has 2 heterocycles. The number of carbonyl (C=O) groups excluding carboxylic acids is 3. The number of fused-ring (bicyclic) bond motifs is 1. The third-order valence-electron chi connectivity index (χ3n) is 4.01. The molecule has 3 aromatic rings. The summed E-state index contributed by atoms with van der Waals surface area (Å²) < 4.78 is 0. The maximum absolute atomic E-state index is 12.3. The van der Waals surface area contributed by atoms with Gasteiger partial charge in [-0.25, -0.2) is 9.78 Å². The molecule has 1 aromatic heterocycles. The van der Waals surface area contributed by atoms with E-state index < -0.39 is 17.8 Å². The molecule has 26 heavy (non-hydrogen) atoms. The lowest BCUT2D eigenvalue weighted by Crippen LogP contribution is -2.32. The summed E-state index contributed by atoms with van der Waals surface area (Å²) in [5, 5.41) is 0.472. The van der Waals surface area contributed by atoms with Crippen molar-refractivity contribution in [3.8, 4) is 11.1 Å². The normalized spacial score (nSPS) is 12.8. The molecule has 0 fully saturated rings. The molecular weight excluding hydrogens is 332 g/mol. The van der Waals surface area contributed by atoms with Gasteiger partial charge in [-0.3, -0.25) is 9.59 Å². The summed E-state index contributed by atoms with van der Waals surface area (Å²) >= 11 is 0. The van der Waals surface area contributed by atoms with Gasteiger partial charge < -0.3 is 4.84 Å². The molecule has 6 heteroatoms. The molecule has 0 bridgehead atoms. The Bertz CT molecular complexity index is 978. The van der Waals surface area contributed by atoms with Crippen LogP contribution in [0.15, 0.2) is 72.9 Å². The van der Waals surface area contributed by atoms with Gasteiger partial charge in [0, 0.05) is 11.8 Å². The number of benzene rings is 2. The second-order valence-corrected chi connectivity index (χ2v) is 5.63. The van der Waals surface area contributed by atoms with Gasteiger partial charge in [-0.05, 0) is 23.8 Å². The minimum Gasteiger partial charge on any atom is -0.323 e. The van der Waals surface area contributed by atoms with Gasteiger partial charge in [-0.15, -0.1) is 0 Å². The van der Waals surface area contributed by atoms with Crippen LogP contribution in [0.1, 0.15) is 31.2 Å². The summed E-state index contributed by atoms with van der Waals surface area (Å²) in [6.07, 6.45) is 1.54. The summed E-state index contributed by atoms with van der Waals surface area (Å²) in [6.45, 7) is 0. The first-order valence-corrected chi connectivity index (χ1v) is 7.87. The van der Waals surface area contributed by atoms with Crippen molar-refractivity contribution in [2.24, 2.45) is 0 Å². The van der Waals surface area contributed by atoms with Crippen molar-refractivity contribution in [3.63, 3.8) is 0 Å². The van der Waals surface area contributed by atoms with Gasteiger partial charge in [0.05, 0.1) is 11.1 Å². The third kappa shape index (κ3) is 2.63. The Kier molecular flexibility index (Phi) is 3.78. The van der Waals surface area contributed by atoms with E-state index in [1.807, 2.05) is 30.3 Å². The zero-order chi connectivity index (χ0) is 18.1. The molecule has 0 radical (unpaired) electrons. The van der Waals surface area contributed by atoms with Crippen LogP contribution in [-0.2, 0) is 4.84 Å². The van der Waals surface area contributed by atoms with Crippen molar-refractivity contribution >= 4 is 17.8 Å². The van der Waals surface area contributed by atoms with Crippen molar-refractivity contribution in [3.05, 3.63) is 89.7 Å². The van der Waals surface area contributed by atoms with Crippen LogP contribution in [0.4, 0.5) is 0 Å². The monoisotopic (exact) mass is 344 g/mol. The summed E-state index contributed by atoms with van der Waals surface area (Å²) in [7, 11) is 0. The predicted molar refractivity (Wildman–Crippen MR) is 92.0 cm³/mol. The zero-order valence-electron chi connectivity index (χ0n) is 13.5. The molecule has 2 amide bonds. The fraction of sp³-hybridized carbons (Fsp3) is 0. The van der Waals surface area contributed by atoms with Gasteiger partial charge in [0.2, 0.25) is 0 Å². The van der Waals surface area contributed by atoms with E-state index in [9.17, 15) is 14.4 Å². The lowest BCUT2D eigenvalue weighted by atomic mass is 10.1. The first kappa shape index (κ1) is 15.7. The first-order chi connectivity index (χ1) is 12.6. The van der Waals surface area contributed by atoms with Crippen LogP contribution in [0.2, 0.25) is 0 Å². The standard InChI is InChI=1S/C20H12N2O4/c23-18-15-8-4-5-9-16(15)19(24)22(18)26-20(25)17-11-10-14(12-21-17)13-6-2-1-3-7-13/h1-12H. The van der Waals surface area contributed by atoms with E-state index in [0.29, 0.717) is 5.06 Å². The van der Waals surface area contributed by atoms with Gasteiger partial charge in [-0.2, -0.15) is 0 Å². The largest absolute Gasteiger partial charge is 0.382 e. The van der Waals surface area contributed by atoms with Crippen molar-refractivity contribution in [1.82, 2.24) is 10.0 Å². The van der Waals surface area contributed by atoms with E-state index in [-0.39, 0.29) is 16.8 Å². The maximum atomic E-state index is 12.3. The average Bonchev–Trinajstić information content (AvgIpc) is 2.94. The summed E-state index contributed by atoms with van der Waals surface area (Å²) in [4.78, 5) is 45.8. The van der Waals surface area contributed by atoms with Gasteiger partial charge in [-0.1, -0.05) is 53.6 Å². The van der Waals surface area contributed by atoms with Crippen molar-refractivity contribution in [1.29, 1.82) is 0 Å². The van der Waals surface area contributed by atoms with Gasteiger partial charge >= 0.3 is 5.97 Å². The van der Waals surface area contributed by atoms with Crippen LogP contribution >= 0.6 is 0 Å². The predicted octanol–water partition coefficient (Wildman–Crippen LogP) is 3.12. The van der Waals surface area contributed by atoms with Crippen molar-refractivity contribution in [2.45, 2.75) is 0 Å². The highest BCUT2D eigenvalue weighted by Crippen LogP contribution is 2.23. The fourth-order valence-corrected chi connectivity index (χ4v) is 2.70. The second kappa shape index (κ2) is 6.25. The molecule has 0 saturated carbocycles. The molecule has 2 aromatic carbocycles. The number of hydroxylamine groups is 2. The smallest absolute Gasteiger partial charge is 0.323 e. The summed E-state index contributed by atoms with van der Waals surface area (Å²) in [6, 6.07) is 19.1. The van der Waals surface area contributed by atoms with Gasteiger partial charge in [0.1, 0.15) is 0 Å². The van der Waals surface area contributed by atoms with E-state index in [1.54, 1.807) is 18.2 Å². The van der Waals surface area contributed by atoms with E-state index in [4.69, 9.17) is 4.84 Å². The van der Waals surface area contributed by atoms with E-state index in [0.717, 1.165) is 11.1 Å². The molecule has 4 rings (SSSR count). The number of amides is 2. The molecular formula is C20H12N2O4. The number of hydrogen-bond acceptors (Lipinski definition) is 5. The number of carbonyl (C=O) groups is 3. The lowest BCUT2D eigenvalue weighted by molar-refractivity contribution is -0.0588. The average molecular weight is 344 g/mol. The quantitative estimate of drug-likeness (QED) is 0.682. The van der Waals surface area contributed by atoms with Crippen LogP contribution in [0.5, 0.6) is 0 Å². The van der Waals surface area contributed by atoms with Gasteiger partial charge in [0.25, 0.3) is 11.8 Å².